The molecule has 15 heavy (non-hydrogen) atoms. The molecule has 0 saturated carbocycles. The second kappa shape index (κ2) is 6.99. The largest absolute Gasteiger partial charge is 0.350 e. The van der Waals surface area contributed by atoms with E-state index < -0.39 is 0 Å². The fraction of sp³-hybridized carbons (Fsp3) is 0.833. The molecule has 1 unspecified atom stereocenters. The van der Waals surface area contributed by atoms with E-state index in [-0.39, 0.29) is 6.29 Å². The number of nitrogens with two attached hydrogens (primary N) is 1. The van der Waals surface area contributed by atoms with Crippen LogP contribution in [0.4, 0.5) is 0 Å². The summed E-state index contributed by atoms with van der Waals surface area (Å²) in [6.07, 6.45) is 6.44. The highest BCUT2D eigenvalue weighted by molar-refractivity contribution is 5.08. The van der Waals surface area contributed by atoms with Gasteiger partial charge in [-0.05, 0) is 19.3 Å². The van der Waals surface area contributed by atoms with Crippen LogP contribution in [-0.4, -0.2) is 25.5 Å². The molecule has 1 aliphatic carbocycles. The summed E-state index contributed by atoms with van der Waals surface area (Å²) < 4.78 is 10.8. The maximum Gasteiger partial charge on any atom is 0.161 e. The lowest BCUT2D eigenvalue weighted by molar-refractivity contribution is -0.0406. The van der Waals surface area contributed by atoms with Gasteiger partial charge >= 0.3 is 0 Å². The summed E-state index contributed by atoms with van der Waals surface area (Å²) in [6.45, 7) is 5.49. The van der Waals surface area contributed by atoms with Crippen LogP contribution in [0, 0.1) is 0 Å². The topological polar surface area (TPSA) is 44.5 Å². The Morgan fingerprint density at radius 2 is 2.00 bits per heavy atom. The van der Waals surface area contributed by atoms with Crippen molar-refractivity contribution in [3.63, 3.8) is 0 Å². The third-order valence-electron chi connectivity index (χ3n) is 2.67. The van der Waals surface area contributed by atoms with Crippen molar-refractivity contribution in [2.75, 3.05) is 13.2 Å². The Labute approximate surface area is 92.6 Å². The van der Waals surface area contributed by atoms with Gasteiger partial charge in [-0.3, -0.25) is 0 Å². The third kappa shape index (κ3) is 4.33. The van der Waals surface area contributed by atoms with E-state index in [1.165, 1.54) is 5.57 Å². The van der Waals surface area contributed by atoms with Gasteiger partial charge in [-0.15, -0.1) is 0 Å². The van der Waals surface area contributed by atoms with Crippen molar-refractivity contribution in [3.8, 4) is 0 Å². The molecule has 1 heterocycles. The van der Waals surface area contributed by atoms with Crippen LogP contribution in [0.5, 0.6) is 0 Å². The minimum atomic E-state index is 0.0144. The molecule has 0 radical (unpaired) electrons. The molecule has 2 aliphatic rings. The Bertz CT molecular complexity index is 198. The minimum Gasteiger partial charge on any atom is -0.350 e. The van der Waals surface area contributed by atoms with Crippen LogP contribution in [0.15, 0.2) is 11.6 Å². The number of rotatable bonds is 2. The normalized spacial score (nSPS) is 26.9. The van der Waals surface area contributed by atoms with E-state index in [0.29, 0.717) is 6.04 Å². The van der Waals surface area contributed by atoms with Crippen LogP contribution in [0.1, 0.15) is 39.5 Å². The van der Waals surface area contributed by atoms with Crippen molar-refractivity contribution < 1.29 is 9.47 Å². The molecule has 0 aromatic heterocycles. The van der Waals surface area contributed by atoms with Crippen LogP contribution in [0.2, 0.25) is 0 Å². The van der Waals surface area contributed by atoms with E-state index in [0.717, 1.165) is 38.9 Å². The molecule has 0 spiro atoms. The molecule has 2 rings (SSSR count). The van der Waals surface area contributed by atoms with Gasteiger partial charge < -0.3 is 15.2 Å². The average molecular weight is 213 g/mol. The smallest absolute Gasteiger partial charge is 0.161 e. The highest BCUT2D eigenvalue weighted by atomic mass is 16.7. The SMILES string of the molecule is CC.NC1CC=C(CC2OCCO2)CC1. The Hall–Kier alpha value is -0.380. The van der Waals surface area contributed by atoms with E-state index in [9.17, 15) is 0 Å². The predicted octanol–water partition coefficient (Wildman–Crippen LogP) is 2.21. The van der Waals surface area contributed by atoms with Crippen molar-refractivity contribution in [1.29, 1.82) is 0 Å². The van der Waals surface area contributed by atoms with Gasteiger partial charge in [-0.2, -0.15) is 0 Å². The van der Waals surface area contributed by atoms with Crippen molar-refractivity contribution in [1.82, 2.24) is 0 Å². The summed E-state index contributed by atoms with van der Waals surface area (Å²) in [5, 5.41) is 0. The lowest BCUT2D eigenvalue weighted by atomic mass is 9.94. The van der Waals surface area contributed by atoms with Crippen LogP contribution in [0.25, 0.3) is 0 Å². The molecule has 0 aromatic carbocycles. The lowest BCUT2D eigenvalue weighted by Crippen LogP contribution is -2.22. The Kier molecular flexibility index (Phi) is 5.91. The predicted molar refractivity (Wildman–Crippen MR) is 61.6 cm³/mol. The zero-order valence-electron chi connectivity index (χ0n) is 9.87. The maximum atomic E-state index is 5.80. The number of ether oxygens (including phenoxy) is 2. The lowest BCUT2D eigenvalue weighted by Gasteiger charge is -2.19. The molecule has 1 fully saturated rings. The Balaban J connectivity index is 0.000000531. The molecule has 0 aromatic rings. The summed E-state index contributed by atoms with van der Waals surface area (Å²) in [5.41, 5.74) is 7.25. The van der Waals surface area contributed by atoms with Gasteiger partial charge in [0.2, 0.25) is 0 Å². The van der Waals surface area contributed by atoms with E-state index in [1.54, 1.807) is 0 Å². The van der Waals surface area contributed by atoms with Crippen LogP contribution < -0.4 is 5.73 Å². The van der Waals surface area contributed by atoms with Gasteiger partial charge in [0.15, 0.2) is 6.29 Å². The van der Waals surface area contributed by atoms with Gasteiger partial charge in [0, 0.05) is 12.5 Å². The van der Waals surface area contributed by atoms with Gasteiger partial charge in [-0.1, -0.05) is 25.5 Å². The van der Waals surface area contributed by atoms with Gasteiger partial charge in [-0.25, -0.2) is 0 Å². The maximum absolute atomic E-state index is 5.80. The van der Waals surface area contributed by atoms with Gasteiger partial charge in [0.1, 0.15) is 0 Å². The molecular weight excluding hydrogens is 190 g/mol. The number of hydrogen-bond donors (Lipinski definition) is 1. The Morgan fingerprint density at radius 1 is 1.33 bits per heavy atom. The highest BCUT2D eigenvalue weighted by Gasteiger charge is 2.19. The molecule has 0 amide bonds. The van der Waals surface area contributed by atoms with Crippen molar-refractivity contribution >= 4 is 0 Å². The van der Waals surface area contributed by atoms with E-state index in [1.807, 2.05) is 13.8 Å². The van der Waals surface area contributed by atoms with Crippen molar-refractivity contribution in [3.05, 3.63) is 11.6 Å². The van der Waals surface area contributed by atoms with E-state index in [4.69, 9.17) is 15.2 Å². The molecule has 2 N–H and O–H groups in total. The van der Waals surface area contributed by atoms with Crippen LogP contribution in [0.3, 0.4) is 0 Å². The molecule has 3 heteroatoms. The molecule has 88 valence electrons. The summed E-state index contributed by atoms with van der Waals surface area (Å²) in [6, 6.07) is 0.370. The molecule has 1 atom stereocenters. The second-order valence-corrected chi connectivity index (χ2v) is 3.77. The van der Waals surface area contributed by atoms with Gasteiger partial charge in [0.25, 0.3) is 0 Å². The minimum absolute atomic E-state index is 0.0144. The molecule has 0 bridgehead atoms. The monoisotopic (exact) mass is 213 g/mol. The van der Waals surface area contributed by atoms with Crippen LogP contribution >= 0.6 is 0 Å². The van der Waals surface area contributed by atoms with Crippen molar-refractivity contribution in [2.45, 2.75) is 51.9 Å². The van der Waals surface area contributed by atoms with Crippen LogP contribution in [-0.2, 0) is 9.47 Å². The first kappa shape index (κ1) is 12.7. The average Bonchev–Trinajstić information content (AvgIpc) is 2.77. The molecule has 1 saturated heterocycles. The second-order valence-electron chi connectivity index (χ2n) is 3.77. The fourth-order valence-corrected chi connectivity index (χ4v) is 1.83. The summed E-state index contributed by atoms with van der Waals surface area (Å²) in [7, 11) is 0. The quantitative estimate of drug-likeness (QED) is 0.715. The fourth-order valence-electron chi connectivity index (χ4n) is 1.83. The molecule has 3 nitrogen and oxygen atoms in total. The Morgan fingerprint density at radius 3 is 2.53 bits per heavy atom. The first-order valence-electron chi connectivity index (χ1n) is 6.01. The van der Waals surface area contributed by atoms with Gasteiger partial charge in [0.05, 0.1) is 13.2 Å². The first-order chi connectivity index (χ1) is 7.34. The van der Waals surface area contributed by atoms with E-state index in [2.05, 4.69) is 6.08 Å². The van der Waals surface area contributed by atoms with E-state index >= 15 is 0 Å². The first-order valence-corrected chi connectivity index (χ1v) is 6.01. The van der Waals surface area contributed by atoms with Crippen molar-refractivity contribution in [2.24, 2.45) is 5.73 Å². The third-order valence-corrected chi connectivity index (χ3v) is 2.67. The molecular formula is C12H23NO2. The summed E-state index contributed by atoms with van der Waals surface area (Å²) >= 11 is 0. The summed E-state index contributed by atoms with van der Waals surface area (Å²) in [4.78, 5) is 0. The molecule has 1 aliphatic heterocycles. The highest BCUT2D eigenvalue weighted by Crippen LogP contribution is 2.23. The standard InChI is InChI=1S/C10H17NO2.C2H6/c11-9-3-1-8(2-4-9)7-10-12-5-6-13-10;1-2/h1,9-10H,2-7,11H2;1-2H3. The number of hydrogen-bond acceptors (Lipinski definition) is 3. The summed E-state index contributed by atoms with van der Waals surface area (Å²) in [5.74, 6) is 0. The zero-order valence-corrected chi connectivity index (χ0v) is 9.87. The zero-order chi connectivity index (χ0) is 11.1.